The maximum Gasteiger partial charge on any atom is 0.269 e. The molecule has 1 unspecified atom stereocenters. The number of nitrogens with zero attached hydrogens (tertiary/aromatic N) is 1. The van der Waals surface area contributed by atoms with E-state index in [2.05, 4.69) is 0 Å². The number of hydrogen-bond donors (Lipinski definition) is 0. The Bertz CT molecular complexity index is 749. The number of benzene rings is 2. The van der Waals surface area contributed by atoms with E-state index in [1.807, 2.05) is 60.7 Å². The second-order valence-corrected chi connectivity index (χ2v) is 7.49. The van der Waals surface area contributed by atoms with E-state index in [4.69, 9.17) is 4.74 Å². The SMILES string of the molecule is O=C1[C@@H](Oc2ccccc2)[C@@]2(c3ccccc3)N1CCCS2=O. The van der Waals surface area contributed by atoms with Crippen LogP contribution < -0.4 is 4.74 Å². The van der Waals surface area contributed by atoms with Crippen molar-refractivity contribution in [2.24, 2.45) is 0 Å². The third kappa shape index (κ3) is 2.03. The summed E-state index contributed by atoms with van der Waals surface area (Å²) in [6, 6.07) is 18.9. The van der Waals surface area contributed by atoms with Gasteiger partial charge in [-0.25, -0.2) is 0 Å². The van der Waals surface area contributed by atoms with Crippen LogP contribution in [-0.2, 0) is 20.5 Å². The number of carbonyl (C=O) groups excluding carboxylic acids is 1. The first-order valence-electron chi connectivity index (χ1n) is 7.72. The Morgan fingerprint density at radius 2 is 1.70 bits per heavy atom. The fourth-order valence-corrected chi connectivity index (χ4v) is 5.37. The lowest BCUT2D eigenvalue weighted by Gasteiger charge is -2.57. The van der Waals surface area contributed by atoms with Crippen LogP contribution in [0.15, 0.2) is 60.7 Å². The molecule has 118 valence electrons. The number of carbonyl (C=O) groups is 1. The van der Waals surface area contributed by atoms with Crippen molar-refractivity contribution in [3.63, 3.8) is 0 Å². The molecule has 3 atom stereocenters. The molecule has 2 aromatic carbocycles. The maximum atomic E-state index is 13.0. The molecule has 0 bridgehead atoms. The van der Waals surface area contributed by atoms with Crippen molar-refractivity contribution in [1.82, 2.24) is 4.90 Å². The van der Waals surface area contributed by atoms with Crippen LogP contribution in [0.3, 0.4) is 0 Å². The Hall–Kier alpha value is -2.14. The summed E-state index contributed by atoms with van der Waals surface area (Å²) in [6.45, 7) is 0.633. The van der Waals surface area contributed by atoms with Gasteiger partial charge in [-0.15, -0.1) is 0 Å². The summed E-state index contributed by atoms with van der Waals surface area (Å²) >= 11 is 0. The number of amides is 1. The third-order valence-electron chi connectivity index (χ3n) is 4.49. The minimum absolute atomic E-state index is 0.0780. The number of rotatable bonds is 3. The highest BCUT2D eigenvalue weighted by atomic mass is 32.2. The van der Waals surface area contributed by atoms with Gasteiger partial charge < -0.3 is 9.64 Å². The molecule has 2 heterocycles. The largest absolute Gasteiger partial charge is 0.477 e. The van der Waals surface area contributed by atoms with Crippen LogP contribution >= 0.6 is 0 Å². The van der Waals surface area contributed by atoms with Crippen LogP contribution in [-0.4, -0.2) is 33.4 Å². The van der Waals surface area contributed by atoms with Gasteiger partial charge in [0.15, 0.2) is 4.87 Å². The number of hydrogen-bond acceptors (Lipinski definition) is 3. The van der Waals surface area contributed by atoms with Crippen molar-refractivity contribution >= 4 is 16.7 Å². The second kappa shape index (κ2) is 5.49. The van der Waals surface area contributed by atoms with Crippen LogP contribution in [0.5, 0.6) is 5.75 Å². The highest BCUT2D eigenvalue weighted by molar-refractivity contribution is 7.86. The van der Waals surface area contributed by atoms with Gasteiger partial charge in [0, 0.05) is 12.3 Å². The van der Waals surface area contributed by atoms with Gasteiger partial charge in [-0.2, -0.15) is 0 Å². The summed E-state index contributed by atoms with van der Waals surface area (Å²) in [5.74, 6) is 1.14. The predicted octanol–water partition coefficient (Wildman–Crippen LogP) is 2.28. The molecule has 0 aliphatic carbocycles. The van der Waals surface area contributed by atoms with Gasteiger partial charge >= 0.3 is 0 Å². The van der Waals surface area contributed by atoms with Crippen LogP contribution in [0, 0.1) is 0 Å². The molecule has 2 saturated heterocycles. The number of ether oxygens (including phenoxy) is 1. The summed E-state index contributed by atoms with van der Waals surface area (Å²) in [6.07, 6.45) is 0.0405. The van der Waals surface area contributed by atoms with E-state index in [1.165, 1.54) is 0 Å². The van der Waals surface area contributed by atoms with Crippen LogP contribution in [0.4, 0.5) is 0 Å². The van der Waals surface area contributed by atoms with Gasteiger partial charge in [0.2, 0.25) is 6.10 Å². The molecule has 1 amide bonds. The van der Waals surface area contributed by atoms with Gasteiger partial charge in [-0.3, -0.25) is 9.00 Å². The van der Waals surface area contributed by atoms with Gasteiger partial charge in [-0.05, 0) is 24.1 Å². The van der Waals surface area contributed by atoms with E-state index in [0.717, 1.165) is 12.0 Å². The Kier molecular flexibility index (Phi) is 3.45. The highest BCUT2D eigenvalue weighted by Gasteiger charge is 2.67. The standard InChI is InChI=1S/C18H17NO3S/c20-17-16(22-15-10-5-2-6-11-15)18(14-8-3-1-4-9-14)19(17)12-7-13-23(18)21/h1-6,8-11,16H,7,12-13H2/t16-,18+,23?/m1/s1. The lowest BCUT2D eigenvalue weighted by atomic mass is 9.88. The molecule has 4 nitrogen and oxygen atoms in total. The van der Waals surface area contributed by atoms with Gasteiger partial charge in [-0.1, -0.05) is 48.5 Å². The molecular weight excluding hydrogens is 310 g/mol. The molecule has 23 heavy (non-hydrogen) atoms. The van der Waals surface area contributed by atoms with Gasteiger partial charge in [0.25, 0.3) is 5.91 Å². The molecule has 5 heteroatoms. The van der Waals surface area contributed by atoms with Crippen molar-refractivity contribution in [2.45, 2.75) is 17.4 Å². The molecule has 0 saturated carbocycles. The topological polar surface area (TPSA) is 46.6 Å². The fourth-order valence-electron chi connectivity index (χ4n) is 3.46. The summed E-state index contributed by atoms with van der Waals surface area (Å²) in [5.41, 5.74) is 0.888. The zero-order chi connectivity index (χ0) is 15.9. The molecule has 4 rings (SSSR count). The van der Waals surface area contributed by atoms with Crippen molar-refractivity contribution in [2.75, 3.05) is 12.3 Å². The van der Waals surface area contributed by atoms with Crippen molar-refractivity contribution in [3.8, 4) is 5.75 Å². The van der Waals surface area contributed by atoms with Gasteiger partial charge in [0.1, 0.15) is 5.75 Å². The average Bonchev–Trinajstić information content (AvgIpc) is 2.61. The highest BCUT2D eigenvalue weighted by Crippen LogP contribution is 2.48. The smallest absolute Gasteiger partial charge is 0.269 e. The normalized spacial score (nSPS) is 29.6. The minimum atomic E-state index is -1.18. The van der Waals surface area contributed by atoms with Crippen LogP contribution in [0.25, 0.3) is 0 Å². The predicted molar refractivity (Wildman–Crippen MR) is 88.3 cm³/mol. The second-order valence-electron chi connectivity index (χ2n) is 5.77. The fraction of sp³-hybridized carbons (Fsp3) is 0.278. The molecular formula is C18H17NO3S. The zero-order valence-electron chi connectivity index (χ0n) is 12.6. The molecule has 0 aromatic heterocycles. The van der Waals surface area contributed by atoms with E-state index in [-0.39, 0.29) is 5.91 Å². The Balaban J connectivity index is 1.78. The minimum Gasteiger partial charge on any atom is -0.477 e. The summed E-state index contributed by atoms with van der Waals surface area (Å²) < 4.78 is 18.9. The van der Waals surface area contributed by atoms with Crippen molar-refractivity contribution in [1.29, 1.82) is 0 Å². The van der Waals surface area contributed by atoms with Crippen LogP contribution in [0.1, 0.15) is 12.0 Å². The lowest BCUT2D eigenvalue weighted by Crippen LogP contribution is -2.77. The van der Waals surface area contributed by atoms with Crippen molar-refractivity contribution < 1.29 is 13.7 Å². The Labute approximate surface area is 137 Å². The Morgan fingerprint density at radius 3 is 2.39 bits per heavy atom. The summed E-state index contributed by atoms with van der Waals surface area (Å²) in [7, 11) is -1.18. The monoisotopic (exact) mass is 327 g/mol. The lowest BCUT2D eigenvalue weighted by molar-refractivity contribution is -0.170. The van der Waals surface area contributed by atoms with E-state index < -0.39 is 21.8 Å². The van der Waals surface area contributed by atoms with E-state index in [1.54, 1.807) is 4.90 Å². The first kappa shape index (κ1) is 14.5. The number of β-lactam (4-membered cyclic amide) rings is 1. The number of para-hydroxylation sites is 1. The first-order chi connectivity index (χ1) is 11.2. The maximum absolute atomic E-state index is 13.0. The molecule has 0 radical (unpaired) electrons. The zero-order valence-corrected chi connectivity index (χ0v) is 13.4. The van der Waals surface area contributed by atoms with Crippen molar-refractivity contribution in [3.05, 3.63) is 66.2 Å². The Morgan fingerprint density at radius 1 is 1.04 bits per heavy atom. The molecule has 2 aliphatic heterocycles. The summed E-state index contributed by atoms with van der Waals surface area (Å²) in [5, 5.41) is 0. The molecule has 2 aromatic rings. The van der Waals surface area contributed by atoms with Crippen LogP contribution in [0.2, 0.25) is 0 Å². The van der Waals surface area contributed by atoms with Gasteiger partial charge in [0.05, 0.1) is 10.8 Å². The number of fused-ring (bicyclic) bond motifs is 1. The van der Waals surface area contributed by atoms with E-state index in [0.29, 0.717) is 18.0 Å². The van der Waals surface area contributed by atoms with E-state index >= 15 is 0 Å². The molecule has 2 aliphatic rings. The summed E-state index contributed by atoms with van der Waals surface area (Å²) in [4.78, 5) is 13.5. The average molecular weight is 327 g/mol. The quantitative estimate of drug-likeness (QED) is 0.813. The first-order valence-corrected chi connectivity index (χ1v) is 9.03. The third-order valence-corrected chi connectivity index (χ3v) is 6.51. The molecule has 0 spiro atoms. The van der Waals surface area contributed by atoms with E-state index in [9.17, 15) is 9.00 Å². The molecule has 2 fully saturated rings. The molecule has 0 N–H and O–H groups in total.